The number of fused-ring (bicyclic) bond motifs is 2. The minimum atomic E-state index is -0.475. The molecule has 5 nitrogen and oxygen atoms in total. The highest BCUT2D eigenvalue weighted by Gasteiger charge is 2.30. The van der Waals surface area contributed by atoms with Crippen LogP contribution < -0.4 is 11.2 Å². The number of rotatable bonds is 3. The molecule has 2 heterocycles. The third-order valence-corrected chi connectivity index (χ3v) is 4.92. The smallest absolute Gasteiger partial charge is 0.235 e. The van der Waals surface area contributed by atoms with Crippen LogP contribution in [-0.2, 0) is 24.3 Å². The van der Waals surface area contributed by atoms with Gasteiger partial charge in [-0.25, -0.2) is 4.39 Å². The van der Waals surface area contributed by atoms with Crippen LogP contribution >= 0.6 is 0 Å². The highest BCUT2D eigenvalue weighted by atomic mass is 19.1. The Kier molecular flexibility index (Phi) is 4.05. The Morgan fingerprint density at radius 1 is 1.19 bits per heavy atom. The molecule has 2 aromatic carbocycles. The molecule has 1 aromatic heterocycles. The summed E-state index contributed by atoms with van der Waals surface area (Å²) in [7, 11) is 0. The number of carbonyl (C=O) groups excluding carboxylic acids is 1. The number of carbonyl (C=O) groups is 1. The lowest BCUT2D eigenvalue weighted by molar-refractivity contribution is -0.124. The SMILES string of the molecule is NC(=O)[C@@H]1Cc2ccccc2CN1Cc1cc(=O)c2cccc(F)c2[nH]1. The van der Waals surface area contributed by atoms with Gasteiger partial charge in [0.1, 0.15) is 5.82 Å². The minimum absolute atomic E-state index is 0.183. The van der Waals surface area contributed by atoms with Crippen molar-refractivity contribution in [3.63, 3.8) is 0 Å². The van der Waals surface area contributed by atoms with Gasteiger partial charge in [0.15, 0.2) is 5.43 Å². The highest BCUT2D eigenvalue weighted by molar-refractivity contribution is 5.81. The first-order chi connectivity index (χ1) is 12.5. The van der Waals surface area contributed by atoms with Gasteiger partial charge < -0.3 is 10.7 Å². The van der Waals surface area contributed by atoms with Gasteiger partial charge in [-0.1, -0.05) is 30.3 Å². The fraction of sp³-hybridized carbons (Fsp3) is 0.200. The summed E-state index contributed by atoms with van der Waals surface area (Å²) in [6, 6.07) is 13.3. The maximum atomic E-state index is 14.1. The van der Waals surface area contributed by atoms with Crippen molar-refractivity contribution in [2.24, 2.45) is 5.73 Å². The molecule has 3 N–H and O–H groups in total. The Labute approximate surface area is 149 Å². The van der Waals surface area contributed by atoms with Crippen molar-refractivity contribution in [3.05, 3.63) is 81.4 Å². The third-order valence-electron chi connectivity index (χ3n) is 4.92. The number of aromatic nitrogens is 1. The molecule has 1 amide bonds. The van der Waals surface area contributed by atoms with Crippen LogP contribution in [0.3, 0.4) is 0 Å². The highest BCUT2D eigenvalue weighted by Crippen LogP contribution is 2.25. The van der Waals surface area contributed by atoms with Gasteiger partial charge in [0.2, 0.25) is 5.91 Å². The summed E-state index contributed by atoms with van der Waals surface area (Å²) in [5.41, 5.74) is 8.32. The standard InChI is InChI=1S/C20H18FN3O2/c21-16-7-3-6-15-18(25)9-14(23-19(15)16)11-24-10-13-5-2-1-4-12(13)8-17(24)20(22)26/h1-7,9,17H,8,10-11H2,(H2,22,26)(H,23,25)/t17-/m0/s1. The van der Waals surface area contributed by atoms with Gasteiger partial charge in [-0.15, -0.1) is 0 Å². The monoisotopic (exact) mass is 351 g/mol. The summed E-state index contributed by atoms with van der Waals surface area (Å²) in [5.74, 6) is -0.884. The summed E-state index contributed by atoms with van der Waals surface area (Å²) in [6.07, 6.45) is 0.525. The number of hydrogen-bond acceptors (Lipinski definition) is 3. The first-order valence-corrected chi connectivity index (χ1v) is 8.43. The lowest BCUT2D eigenvalue weighted by Crippen LogP contribution is -2.48. The predicted octanol–water partition coefficient (Wildman–Crippen LogP) is 2.08. The minimum Gasteiger partial charge on any atom is -0.368 e. The summed E-state index contributed by atoms with van der Waals surface area (Å²) >= 11 is 0. The van der Waals surface area contributed by atoms with E-state index in [2.05, 4.69) is 4.98 Å². The second-order valence-electron chi connectivity index (χ2n) is 6.62. The van der Waals surface area contributed by atoms with Gasteiger partial charge in [0.05, 0.1) is 11.6 Å². The average Bonchev–Trinajstić information content (AvgIpc) is 2.62. The van der Waals surface area contributed by atoms with E-state index < -0.39 is 17.8 Å². The molecule has 1 aliphatic rings. The summed E-state index contributed by atoms with van der Waals surface area (Å²) in [5, 5.41) is 0.309. The second-order valence-corrected chi connectivity index (χ2v) is 6.62. The van der Waals surface area contributed by atoms with Crippen molar-refractivity contribution >= 4 is 16.8 Å². The fourth-order valence-electron chi connectivity index (χ4n) is 3.62. The molecular weight excluding hydrogens is 333 g/mol. The largest absolute Gasteiger partial charge is 0.368 e. The Bertz CT molecular complexity index is 1060. The zero-order chi connectivity index (χ0) is 18.3. The van der Waals surface area contributed by atoms with Gasteiger partial charge in [0, 0.05) is 30.2 Å². The Morgan fingerprint density at radius 3 is 2.73 bits per heavy atom. The van der Waals surface area contributed by atoms with Crippen LogP contribution in [0, 0.1) is 5.82 Å². The van der Waals surface area contributed by atoms with Crippen molar-refractivity contribution in [3.8, 4) is 0 Å². The number of amides is 1. The van der Waals surface area contributed by atoms with Gasteiger partial charge in [-0.05, 0) is 29.7 Å². The van der Waals surface area contributed by atoms with Gasteiger partial charge in [0.25, 0.3) is 0 Å². The van der Waals surface area contributed by atoms with E-state index in [0.29, 0.717) is 30.6 Å². The number of nitrogens with two attached hydrogens (primary N) is 1. The summed E-state index contributed by atoms with van der Waals surface area (Å²) in [4.78, 5) is 29.2. The number of nitrogens with one attached hydrogen (secondary N) is 1. The van der Waals surface area contributed by atoms with E-state index in [1.807, 2.05) is 29.2 Å². The van der Waals surface area contributed by atoms with E-state index in [-0.39, 0.29) is 10.9 Å². The zero-order valence-corrected chi connectivity index (χ0v) is 14.0. The molecule has 0 unspecified atom stereocenters. The zero-order valence-electron chi connectivity index (χ0n) is 14.0. The van der Waals surface area contributed by atoms with Crippen molar-refractivity contribution in [2.75, 3.05) is 0 Å². The van der Waals surface area contributed by atoms with Crippen LogP contribution in [0.1, 0.15) is 16.8 Å². The Hall–Kier alpha value is -2.99. The number of pyridine rings is 1. The normalized spacial score (nSPS) is 17.2. The van der Waals surface area contributed by atoms with Crippen molar-refractivity contribution in [2.45, 2.75) is 25.6 Å². The molecule has 0 radical (unpaired) electrons. The number of nitrogens with zero attached hydrogens (tertiary/aromatic N) is 1. The maximum absolute atomic E-state index is 14.1. The lowest BCUT2D eigenvalue weighted by Gasteiger charge is -2.35. The first kappa shape index (κ1) is 16.5. The molecule has 132 valence electrons. The summed E-state index contributed by atoms with van der Waals surface area (Å²) in [6.45, 7) is 0.850. The van der Waals surface area contributed by atoms with Crippen molar-refractivity contribution in [1.29, 1.82) is 0 Å². The van der Waals surface area contributed by atoms with Gasteiger partial charge in [-0.3, -0.25) is 14.5 Å². The molecule has 0 saturated heterocycles. The second kappa shape index (κ2) is 6.38. The Balaban J connectivity index is 1.72. The number of para-hydroxylation sites is 1. The molecule has 1 aliphatic heterocycles. The van der Waals surface area contributed by atoms with E-state index in [1.54, 1.807) is 6.07 Å². The molecular formula is C20H18FN3O2. The fourth-order valence-corrected chi connectivity index (χ4v) is 3.62. The number of benzene rings is 2. The molecule has 3 aromatic rings. The number of H-pyrrole nitrogens is 1. The quantitative estimate of drug-likeness (QED) is 0.758. The molecule has 1 atom stereocenters. The maximum Gasteiger partial charge on any atom is 0.235 e. The van der Waals surface area contributed by atoms with Crippen LogP contribution in [-0.4, -0.2) is 21.8 Å². The third kappa shape index (κ3) is 2.88. The summed E-state index contributed by atoms with van der Waals surface area (Å²) < 4.78 is 14.1. The molecule has 0 bridgehead atoms. The molecule has 0 saturated carbocycles. The number of primary amides is 1. The molecule has 6 heteroatoms. The Morgan fingerprint density at radius 2 is 1.96 bits per heavy atom. The van der Waals surface area contributed by atoms with Crippen molar-refractivity contribution < 1.29 is 9.18 Å². The number of aromatic amines is 1. The molecule has 26 heavy (non-hydrogen) atoms. The van der Waals surface area contributed by atoms with E-state index in [0.717, 1.165) is 11.1 Å². The van der Waals surface area contributed by atoms with Gasteiger partial charge in [-0.2, -0.15) is 0 Å². The van der Waals surface area contributed by atoms with E-state index in [1.165, 1.54) is 18.2 Å². The van der Waals surface area contributed by atoms with E-state index in [9.17, 15) is 14.0 Å². The van der Waals surface area contributed by atoms with Crippen LogP contribution in [0.15, 0.2) is 53.3 Å². The van der Waals surface area contributed by atoms with Crippen LogP contribution in [0.5, 0.6) is 0 Å². The van der Waals surface area contributed by atoms with E-state index >= 15 is 0 Å². The number of halogens is 1. The molecule has 4 rings (SSSR count). The topological polar surface area (TPSA) is 79.2 Å². The molecule has 0 spiro atoms. The molecule has 0 fully saturated rings. The van der Waals surface area contributed by atoms with Crippen LogP contribution in [0.2, 0.25) is 0 Å². The van der Waals surface area contributed by atoms with Crippen LogP contribution in [0.4, 0.5) is 4.39 Å². The van der Waals surface area contributed by atoms with E-state index in [4.69, 9.17) is 5.73 Å². The number of hydrogen-bond donors (Lipinski definition) is 2. The lowest BCUT2D eigenvalue weighted by atomic mass is 9.93. The van der Waals surface area contributed by atoms with Gasteiger partial charge >= 0.3 is 0 Å². The van der Waals surface area contributed by atoms with Crippen molar-refractivity contribution in [1.82, 2.24) is 9.88 Å². The average molecular weight is 351 g/mol. The first-order valence-electron chi connectivity index (χ1n) is 8.43. The predicted molar refractivity (Wildman–Crippen MR) is 96.9 cm³/mol. The van der Waals surface area contributed by atoms with Crippen LogP contribution in [0.25, 0.3) is 10.9 Å². The molecule has 0 aliphatic carbocycles.